The van der Waals surface area contributed by atoms with Crippen LogP contribution < -0.4 is 0 Å². The van der Waals surface area contributed by atoms with Gasteiger partial charge in [0.2, 0.25) is 0 Å². The van der Waals surface area contributed by atoms with Crippen LogP contribution in [-0.4, -0.2) is 0 Å². The summed E-state index contributed by atoms with van der Waals surface area (Å²) in [5.41, 5.74) is 16.7. The Morgan fingerprint density at radius 2 is 0.722 bits per heavy atom. The van der Waals surface area contributed by atoms with Gasteiger partial charge in [-0.2, -0.15) is 0 Å². The van der Waals surface area contributed by atoms with Crippen molar-refractivity contribution in [2.24, 2.45) is 23.7 Å². The molecule has 4 fully saturated rings. The van der Waals surface area contributed by atoms with Gasteiger partial charge in [-0.3, -0.25) is 0 Å². The minimum atomic E-state index is 0.157. The molecule has 13 rings (SSSR count). The van der Waals surface area contributed by atoms with Crippen LogP contribution in [0.3, 0.4) is 0 Å². The topological polar surface area (TPSA) is 0 Å². The summed E-state index contributed by atoms with van der Waals surface area (Å²) in [6.07, 6.45) is 7.10. The van der Waals surface area contributed by atoms with Crippen molar-refractivity contribution in [3.05, 3.63) is 181 Å². The molecule has 0 heteroatoms. The fourth-order valence-corrected chi connectivity index (χ4v) is 12.5. The molecule has 0 atom stereocenters. The lowest BCUT2D eigenvalue weighted by Crippen LogP contribution is -2.55. The van der Waals surface area contributed by atoms with E-state index in [0.717, 1.165) is 23.7 Å². The third-order valence-corrected chi connectivity index (χ3v) is 14.3. The fraction of sp³-hybridized carbons (Fsp3) is 0.185. The largest absolute Gasteiger partial charge is 0.0622 e. The standard InChI is InChI=1S/C54H42/c1-2-11-36(12-3-1)37-21-23-38(24-22-37)39-25-27-40(28-26-39)51-43-13-4-6-15-45(43)52(46-16-7-5-14-44(46)51)48-18-10-20-50-53(48)47-17-8-9-19-49(47)54(50)41-30-34-29-35(32-41)33-42(54)31-34/h1-28,34-35,41-42H,29-33H2. The SMILES string of the molecule is c1ccc(-c2ccc(-c3ccc(-c4c5ccccc5c(-c5cccc6c5-c5ccccc5C65C6CC7CC(C6)CC5C7)c5ccccc45)cc3)cc2)cc1. The summed E-state index contributed by atoms with van der Waals surface area (Å²) in [5, 5.41) is 5.31. The molecule has 5 aliphatic rings. The first-order valence-electron chi connectivity index (χ1n) is 20.2. The van der Waals surface area contributed by atoms with Crippen LogP contribution in [0.4, 0.5) is 0 Å². The summed E-state index contributed by atoms with van der Waals surface area (Å²) >= 11 is 0. The molecule has 0 saturated heterocycles. The van der Waals surface area contributed by atoms with Gasteiger partial charge in [-0.25, -0.2) is 0 Å². The molecule has 5 aliphatic carbocycles. The molecule has 1 spiro atoms. The Bertz CT molecular complexity index is 2660. The van der Waals surface area contributed by atoms with Crippen molar-refractivity contribution in [2.45, 2.75) is 37.5 Å². The highest BCUT2D eigenvalue weighted by Gasteiger charge is 2.61. The minimum absolute atomic E-state index is 0.157. The van der Waals surface area contributed by atoms with Crippen molar-refractivity contribution in [1.29, 1.82) is 0 Å². The van der Waals surface area contributed by atoms with Crippen LogP contribution in [0.25, 0.3) is 77.2 Å². The Labute approximate surface area is 318 Å². The molecular formula is C54H42. The predicted octanol–water partition coefficient (Wildman–Crippen LogP) is 14.4. The summed E-state index contributed by atoms with van der Waals surface area (Å²) < 4.78 is 0. The fourth-order valence-electron chi connectivity index (χ4n) is 12.5. The third-order valence-electron chi connectivity index (χ3n) is 14.3. The van der Waals surface area contributed by atoms with Crippen LogP contribution in [0.2, 0.25) is 0 Å². The van der Waals surface area contributed by atoms with Gasteiger partial charge in [0.1, 0.15) is 0 Å². The summed E-state index contributed by atoms with van der Waals surface area (Å²) in [7, 11) is 0. The lowest BCUT2D eigenvalue weighted by molar-refractivity contribution is -0.0399. The molecule has 0 N–H and O–H groups in total. The van der Waals surface area contributed by atoms with Crippen molar-refractivity contribution in [2.75, 3.05) is 0 Å². The summed E-state index contributed by atoms with van der Waals surface area (Å²) in [4.78, 5) is 0. The lowest BCUT2D eigenvalue weighted by atomic mass is 9.43. The Morgan fingerprint density at radius 1 is 0.296 bits per heavy atom. The molecule has 0 aliphatic heterocycles. The molecule has 258 valence electrons. The molecule has 54 heavy (non-hydrogen) atoms. The van der Waals surface area contributed by atoms with E-state index in [1.807, 2.05) is 0 Å². The Hall–Kier alpha value is -5.72. The van der Waals surface area contributed by atoms with Crippen LogP contribution in [-0.2, 0) is 5.41 Å². The molecule has 8 aromatic carbocycles. The van der Waals surface area contributed by atoms with Crippen LogP contribution in [0.1, 0.15) is 43.2 Å². The molecule has 4 saturated carbocycles. The highest BCUT2D eigenvalue weighted by Crippen LogP contribution is 2.70. The molecule has 0 unspecified atom stereocenters. The van der Waals surface area contributed by atoms with E-state index in [1.54, 1.807) is 11.1 Å². The Morgan fingerprint density at radius 3 is 1.30 bits per heavy atom. The Kier molecular flexibility index (Phi) is 6.62. The van der Waals surface area contributed by atoms with Crippen molar-refractivity contribution >= 4 is 21.5 Å². The van der Waals surface area contributed by atoms with E-state index >= 15 is 0 Å². The first-order valence-corrected chi connectivity index (χ1v) is 20.2. The zero-order valence-electron chi connectivity index (χ0n) is 30.5. The summed E-state index contributed by atoms with van der Waals surface area (Å²) in [6, 6.07) is 64.2. The van der Waals surface area contributed by atoms with Gasteiger partial charge in [0.25, 0.3) is 0 Å². The molecular weight excluding hydrogens is 649 g/mol. The number of fused-ring (bicyclic) bond motifs is 5. The number of hydrogen-bond acceptors (Lipinski definition) is 0. The average Bonchev–Trinajstić information content (AvgIpc) is 3.53. The summed E-state index contributed by atoms with van der Waals surface area (Å²) in [6.45, 7) is 0. The van der Waals surface area contributed by atoms with Gasteiger partial charge in [0.05, 0.1) is 0 Å². The molecule has 0 aromatic heterocycles. The van der Waals surface area contributed by atoms with Crippen molar-refractivity contribution < 1.29 is 0 Å². The van der Waals surface area contributed by atoms with E-state index in [4.69, 9.17) is 0 Å². The van der Waals surface area contributed by atoms with Gasteiger partial charge >= 0.3 is 0 Å². The number of hydrogen-bond donors (Lipinski definition) is 0. The van der Waals surface area contributed by atoms with E-state index in [1.165, 1.54) is 109 Å². The second-order valence-electron chi connectivity index (χ2n) is 16.8. The molecule has 0 nitrogen and oxygen atoms in total. The van der Waals surface area contributed by atoms with E-state index < -0.39 is 0 Å². The molecule has 4 bridgehead atoms. The first-order chi connectivity index (χ1) is 26.8. The van der Waals surface area contributed by atoms with Crippen LogP contribution in [0, 0.1) is 23.7 Å². The molecule has 0 amide bonds. The number of rotatable bonds is 4. The Balaban J connectivity index is 1.03. The highest BCUT2D eigenvalue weighted by molar-refractivity contribution is 6.22. The maximum absolute atomic E-state index is 2.54. The van der Waals surface area contributed by atoms with E-state index in [9.17, 15) is 0 Å². The maximum atomic E-state index is 2.54. The highest BCUT2D eigenvalue weighted by atomic mass is 14.6. The lowest BCUT2D eigenvalue weighted by Gasteiger charge is -2.61. The van der Waals surface area contributed by atoms with Crippen molar-refractivity contribution in [1.82, 2.24) is 0 Å². The second-order valence-corrected chi connectivity index (χ2v) is 16.8. The van der Waals surface area contributed by atoms with Gasteiger partial charge < -0.3 is 0 Å². The van der Waals surface area contributed by atoms with E-state index in [2.05, 4.69) is 170 Å². The molecule has 0 heterocycles. The molecule has 8 aromatic rings. The van der Waals surface area contributed by atoms with E-state index in [-0.39, 0.29) is 5.41 Å². The zero-order chi connectivity index (χ0) is 35.4. The predicted molar refractivity (Wildman–Crippen MR) is 226 cm³/mol. The summed E-state index contributed by atoms with van der Waals surface area (Å²) in [5.74, 6) is 3.39. The monoisotopic (exact) mass is 690 g/mol. The minimum Gasteiger partial charge on any atom is -0.0622 e. The smallest absolute Gasteiger partial charge is 0.0272 e. The number of benzene rings is 8. The van der Waals surface area contributed by atoms with Crippen molar-refractivity contribution in [3.63, 3.8) is 0 Å². The van der Waals surface area contributed by atoms with Gasteiger partial charge in [-0.15, -0.1) is 0 Å². The van der Waals surface area contributed by atoms with Gasteiger partial charge in [0, 0.05) is 5.41 Å². The van der Waals surface area contributed by atoms with Gasteiger partial charge in [0.15, 0.2) is 0 Å². The van der Waals surface area contributed by atoms with Crippen LogP contribution >= 0.6 is 0 Å². The van der Waals surface area contributed by atoms with Gasteiger partial charge in [-0.05, 0) is 144 Å². The normalized spacial score (nSPS) is 23.3. The average molecular weight is 691 g/mol. The van der Waals surface area contributed by atoms with Crippen molar-refractivity contribution in [3.8, 4) is 55.6 Å². The van der Waals surface area contributed by atoms with Gasteiger partial charge in [-0.1, -0.05) is 170 Å². The quantitative estimate of drug-likeness (QED) is 0.161. The first kappa shape index (κ1) is 30.7. The van der Waals surface area contributed by atoms with Crippen LogP contribution in [0.15, 0.2) is 170 Å². The maximum Gasteiger partial charge on any atom is 0.0272 e. The van der Waals surface area contributed by atoms with Crippen LogP contribution in [0.5, 0.6) is 0 Å². The van der Waals surface area contributed by atoms with E-state index in [0.29, 0.717) is 0 Å². The second kappa shape index (κ2) is 11.6. The zero-order valence-corrected chi connectivity index (χ0v) is 30.5. The molecule has 0 radical (unpaired) electrons. The third kappa shape index (κ3) is 4.26.